The first-order valence-corrected chi connectivity index (χ1v) is 2.95. The summed E-state index contributed by atoms with van der Waals surface area (Å²) in [6, 6.07) is -0.324. The molecule has 0 aliphatic carbocycles. The van der Waals surface area contributed by atoms with Crippen LogP contribution in [0, 0.1) is 5.92 Å². The molecular formula is C6H14FN. The Morgan fingerprint density at radius 1 is 1.25 bits per heavy atom. The molecule has 0 heterocycles. The fourth-order valence-electron chi connectivity index (χ4n) is 0.607. The summed E-state index contributed by atoms with van der Waals surface area (Å²) >= 11 is 0. The van der Waals surface area contributed by atoms with Gasteiger partial charge in [-0.25, -0.2) is 4.39 Å². The van der Waals surface area contributed by atoms with Crippen LogP contribution in [0.15, 0.2) is 0 Å². The summed E-state index contributed by atoms with van der Waals surface area (Å²) in [6.07, 6.45) is -0.852. The highest BCUT2D eigenvalue weighted by Gasteiger charge is 2.14. The van der Waals surface area contributed by atoms with Gasteiger partial charge < -0.3 is 5.73 Å². The van der Waals surface area contributed by atoms with Gasteiger partial charge in [-0.05, 0) is 12.8 Å². The van der Waals surface area contributed by atoms with E-state index in [2.05, 4.69) is 0 Å². The summed E-state index contributed by atoms with van der Waals surface area (Å²) < 4.78 is 12.5. The number of halogens is 1. The Morgan fingerprint density at radius 2 is 1.62 bits per heavy atom. The lowest BCUT2D eigenvalue weighted by Gasteiger charge is -2.14. The zero-order valence-corrected chi connectivity index (χ0v) is 5.69. The molecule has 0 fully saturated rings. The maximum Gasteiger partial charge on any atom is 0.117 e. The lowest BCUT2D eigenvalue weighted by atomic mass is 10.0. The molecule has 1 unspecified atom stereocenters. The van der Waals surface area contributed by atoms with E-state index in [4.69, 9.17) is 5.73 Å². The Balaban J connectivity index is 3.46. The average Bonchev–Trinajstić information content (AvgIpc) is 1.64. The Kier molecular flexibility index (Phi) is 2.98. The number of hydrogen-bond acceptors (Lipinski definition) is 1. The monoisotopic (exact) mass is 119 g/mol. The van der Waals surface area contributed by atoms with Crippen molar-refractivity contribution in [2.45, 2.75) is 33.0 Å². The number of nitrogens with two attached hydrogens (primary N) is 1. The molecule has 2 heteroatoms. The zero-order valence-electron chi connectivity index (χ0n) is 5.69. The van der Waals surface area contributed by atoms with Crippen molar-refractivity contribution in [2.75, 3.05) is 0 Å². The van der Waals surface area contributed by atoms with Crippen molar-refractivity contribution >= 4 is 0 Å². The third-order valence-electron chi connectivity index (χ3n) is 1.14. The van der Waals surface area contributed by atoms with E-state index in [0.717, 1.165) is 0 Å². The highest BCUT2D eigenvalue weighted by Crippen LogP contribution is 2.07. The van der Waals surface area contributed by atoms with Crippen molar-refractivity contribution in [1.82, 2.24) is 0 Å². The van der Waals surface area contributed by atoms with Gasteiger partial charge in [0.25, 0.3) is 0 Å². The minimum atomic E-state index is -0.852. The molecule has 50 valence electrons. The second-order valence-electron chi connectivity index (χ2n) is 2.55. The summed E-state index contributed by atoms with van der Waals surface area (Å²) in [7, 11) is 0. The lowest BCUT2D eigenvalue weighted by molar-refractivity contribution is 0.222. The van der Waals surface area contributed by atoms with Gasteiger partial charge in [0.15, 0.2) is 0 Å². The van der Waals surface area contributed by atoms with Crippen molar-refractivity contribution < 1.29 is 4.39 Å². The molecule has 2 atom stereocenters. The molecule has 0 amide bonds. The standard InChI is InChI=1S/C6H14FN/c1-4(2)6(7)5(3)8/h4-6H,8H2,1-3H3/t5-,6?/m0/s1. The van der Waals surface area contributed by atoms with E-state index in [1.165, 1.54) is 0 Å². The maximum absolute atomic E-state index is 12.5. The van der Waals surface area contributed by atoms with Crippen LogP contribution < -0.4 is 5.73 Å². The van der Waals surface area contributed by atoms with Crippen molar-refractivity contribution in [3.05, 3.63) is 0 Å². The minimum Gasteiger partial charge on any atom is -0.325 e. The van der Waals surface area contributed by atoms with Crippen molar-refractivity contribution in [1.29, 1.82) is 0 Å². The van der Waals surface area contributed by atoms with Crippen LogP contribution in [0.5, 0.6) is 0 Å². The second kappa shape index (κ2) is 3.02. The fraction of sp³-hybridized carbons (Fsp3) is 1.00. The zero-order chi connectivity index (χ0) is 6.73. The van der Waals surface area contributed by atoms with Crippen LogP contribution in [0.4, 0.5) is 4.39 Å². The van der Waals surface area contributed by atoms with Crippen LogP contribution in [0.3, 0.4) is 0 Å². The van der Waals surface area contributed by atoms with Crippen LogP contribution >= 0.6 is 0 Å². The van der Waals surface area contributed by atoms with E-state index in [9.17, 15) is 4.39 Å². The van der Waals surface area contributed by atoms with Gasteiger partial charge in [0.2, 0.25) is 0 Å². The first kappa shape index (κ1) is 7.89. The molecule has 1 nitrogen and oxygen atoms in total. The topological polar surface area (TPSA) is 26.0 Å². The SMILES string of the molecule is CC(C)C(F)[C@H](C)N. The summed E-state index contributed by atoms with van der Waals surface area (Å²) in [6.45, 7) is 5.34. The smallest absolute Gasteiger partial charge is 0.117 e. The van der Waals surface area contributed by atoms with Crippen LogP contribution in [0.25, 0.3) is 0 Å². The molecule has 0 bridgehead atoms. The summed E-state index contributed by atoms with van der Waals surface area (Å²) in [5.74, 6) is 0.0509. The van der Waals surface area contributed by atoms with E-state index < -0.39 is 6.17 Å². The lowest BCUT2D eigenvalue weighted by Crippen LogP contribution is -2.31. The van der Waals surface area contributed by atoms with Gasteiger partial charge in [-0.1, -0.05) is 13.8 Å². The van der Waals surface area contributed by atoms with Gasteiger partial charge >= 0.3 is 0 Å². The van der Waals surface area contributed by atoms with Gasteiger partial charge in [0.1, 0.15) is 6.17 Å². The van der Waals surface area contributed by atoms with E-state index in [-0.39, 0.29) is 12.0 Å². The molecule has 0 aromatic heterocycles. The Labute approximate surface area is 50.1 Å². The van der Waals surface area contributed by atoms with Crippen molar-refractivity contribution in [2.24, 2.45) is 11.7 Å². The van der Waals surface area contributed by atoms with Crippen molar-refractivity contribution in [3.8, 4) is 0 Å². The van der Waals surface area contributed by atoms with Gasteiger partial charge in [-0.3, -0.25) is 0 Å². The molecule has 0 spiro atoms. The van der Waals surface area contributed by atoms with Gasteiger partial charge in [-0.15, -0.1) is 0 Å². The van der Waals surface area contributed by atoms with Crippen LogP contribution in [-0.2, 0) is 0 Å². The Bertz CT molecular complexity index is 53.5. The third-order valence-corrected chi connectivity index (χ3v) is 1.14. The highest BCUT2D eigenvalue weighted by atomic mass is 19.1. The number of rotatable bonds is 2. The molecular weight excluding hydrogens is 105 g/mol. The quantitative estimate of drug-likeness (QED) is 0.583. The summed E-state index contributed by atoms with van der Waals surface area (Å²) in [5.41, 5.74) is 5.26. The summed E-state index contributed by atoms with van der Waals surface area (Å²) in [4.78, 5) is 0. The molecule has 0 radical (unpaired) electrons. The molecule has 0 saturated heterocycles. The van der Waals surface area contributed by atoms with Gasteiger partial charge in [0.05, 0.1) is 0 Å². The molecule has 0 aliphatic rings. The fourth-order valence-corrected chi connectivity index (χ4v) is 0.607. The predicted molar refractivity (Wildman–Crippen MR) is 33.4 cm³/mol. The molecule has 0 saturated carbocycles. The third kappa shape index (κ3) is 2.26. The number of alkyl halides is 1. The molecule has 0 rings (SSSR count). The Morgan fingerprint density at radius 3 is 1.62 bits per heavy atom. The van der Waals surface area contributed by atoms with Gasteiger partial charge in [0, 0.05) is 6.04 Å². The first-order chi connectivity index (χ1) is 3.55. The van der Waals surface area contributed by atoms with E-state index >= 15 is 0 Å². The second-order valence-corrected chi connectivity index (χ2v) is 2.55. The normalized spacial score (nSPS) is 18.8. The largest absolute Gasteiger partial charge is 0.325 e. The van der Waals surface area contributed by atoms with Gasteiger partial charge in [-0.2, -0.15) is 0 Å². The highest BCUT2D eigenvalue weighted by molar-refractivity contribution is 4.69. The van der Waals surface area contributed by atoms with E-state index in [1.807, 2.05) is 13.8 Å². The Hall–Kier alpha value is -0.110. The molecule has 0 aromatic rings. The molecule has 0 aliphatic heterocycles. The molecule has 2 N–H and O–H groups in total. The predicted octanol–water partition coefficient (Wildman–Crippen LogP) is 1.33. The number of hydrogen-bond donors (Lipinski definition) is 1. The van der Waals surface area contributed by atoms with Crippen LogP contribution in [0.1, 0.15) is 20.8 Å². The maximum atomic E-state index is 12.5. The minimum absolute atomic E-state index is 0.0509. The van der Waals surface area contributed by atoms with Crippen LogP contribution in [0.2, 0.25) is 0 Å². The van der Waals surface area contributed by atoms with Crippen molar-refractivity contribution in [3.63, 3.8) is 0 Å². The van der Waals surface area contributed by atoms with E-state index in [1.54, 1.807) is 6.92 Å². The first-order valence-electron chi connectivity index (χ1n) is 2.95. The van der Waals surface area contributed by atoms with E-state index in [0.29, 0.717) is 0 Å². The van der Waals surface area contributed by atoms with Crippen LogP contribution in [-0.4, -0.2) is 12.2 Å². The molecule has 0 aromatic carbocycles. The molecule has 8 heavy (non-hydrogen) atoms. The summed E-state index contributed by atoms with van der Waals surface area (Å²) in [5, 5.41) is 0. The average molecular weight is 119 g/mol.